The number of aliphatic hydroxyl groups is 1. The number of hydrogen-bond acceptors (Lipinski definition) is 4. The molecule has 1 aromatic rings. The number of para-hydroxylation sites is 1. The van der Waals surface area contributed by atoms with Gasteiger partial charge < -0.3 is 15.2 Å². The molecule has 1 unspecified atom stereocenters. The van der Waals surface area contributed by atoms with Gasteiger partial charge >= 0.3 is 5.51 Å². The Morgan fingerprint density at radius 2 is 2.00 bits per heavy atom. The normalized spacial score (nSPS) is 13.2. The van der Waals surface area contributed by atoms with E-state index in [4.69, 9.17) is 4.74 Å². The van der Waals surface area contributed by atoms with Crippen LogP contribution in [0.25, 0.3) is 0 Å². The summed E-state index contributed by atoms with van der Waals surface area (Å²) in [6.07, 6.45) is -0.925. The van der Waals surface area contributed by atoms with Crippen LogP contribution in [-0.2, 0) is 0 Å². The lowest BCUT2D eigenvalue weighted by Gasteiger charge is -2.13. The highest BCUT2D eigenvalue weighted by Crippen LogP contribution is 2.29. The number of benzene rings is 1. The number of thioether (sulfide) groups is 1. The molecule has 8 heteroatoms. The molecule has 0 aliphatic rings. The number of halogens is 4. The molecule has 1 aromatic carbocycles. The minimum atomic E-state index is -4.24. The Balaban J connectivity index is 2.12. The fourth-order valence-corrected chi connectivity index (χ4v) is 1.79. The topological polar surface area (TPSA) is 41.5 Å². The molecule has 3 nitrogen and oxygen atoms in total. The summed E-state index contributed by atoms with van der Waals surface area (Å²) < 4.78 is 53.7. The van der Waals surface area contributed by atoms with Crippen molar-refractivity contribution >= 4 is 11.8 Å². The molecular formula is C12H15F4NO2S. The van der Waals surface area contributed by atoms with E-state index in [1.165, 1.54) is 18.2 Å². The van der Waals surface area contributed by atoms with E-state index in [0.29, 0.717) is 0 Å². The van der Waals surface area contributed by atoms with Crippen LogP contribution in [0.1, 0.15) is 0 Å². The van der Waals surface area contributed by atoms with Crippen LogP contribution in [0.3, 0.4) is 0 Å². The first-order valence-corrected chi connectivity index (χ1v) is 6.84. The van der Waals surface area contributed by atoms with Crippen molar-refractivity contribution in [2.45, 2.75) is 11.6 Å². The SMILES string of the molecule is OC(CNCCSC(F)(F)F)COc1ccccc1F. The number of ether oxygens (including phenoxy) is 1. The van der Waals surface area contributed by atoms with Crippen LogP contribution in [0.4, 0.5) is 17.6 Å². The van der Waals surface area contributed by atoms with Crippen LogP contribution in [0.15, 0.2) is 24.3 Å². The summed E-state index contributed by atoms with van der Waals surface area (Å²) >= 11 is -0.128. The van der Waals surface area contributed by atoms with Gasteiger partial charge in [-0.3, -0.25) is 0 Å². The van der Waals surface area contributed by atoms with Crippen molar-refractivity contribution in [3.63, 3.8) is 0 Å². The van der Waals surface area contributed by atoms with E-state index >= 15 is 0 Å². The lowest BCUT2D eigenvalue weighted by atomic mass is 10.3. The van der Waals surface area contributed by atoms with E-state index in [1.807, 2.05) is 0 Å². The van der Waals surface area contributed by atoms with Crippen molar-refractivity contribution < 1.29 is 27.4 Å². The summed E-state index contributed by atoms with van der Waals surface area (Å²) in [4.78, 5) is 0. The van der Waals surface area contributed by atoms with Gasteiger partial charge in [0.15, 0.2) is 11.6 Å². The third kappa shape index (κ3) is 7.56. The second kappa shape index (κ2) is 8.33. The molecule has 0 heterocycles. The summed E-state index contributed by atoms with van der Waals surface area (Å²) in [7, 11) is 0. The number of aliphatic hydroxyl groups excluding tert-OH is 1. The minimum absolute atomic E-state index is 0.0270. The first-order valence-electron chi connectivity index (χ1n) is 5.85. The highest BCUT2D eigenvalue weighted by atomic mass is 32.2. The van der Waals surface area contributed by atoms with Crippen molar-refractivity contribution in [2.24, 2.45) is 0 Å². The van der Waals surface area contributed by atoms with Crippen LogP contribution in [0, 0.1) is 5.82 Å². The smallest absolute Gasteiger partial charge is 0.441 e. The number of hydrogen-bond donors (Lipinski definition) is 2. The van der Waals surface area contributed by atoms with Crippen LogP contribution >= 0.6 is 11.8 Å². The van der Waals surface area contributed by atoms with Crippen molar-refractivity contribution in [2.75, 3.05) is 25.4 Å². The maximum absolute atomic E-state index is 13.2. The Labute approximate surface area is 118 Å². The molecule has 20 heavy (non-hydrogen) atoms. The van der Waals surface area contributed by atoms with Gasteiger partial charge in [-0.15, -0.1) is 0 Å². The lowest BCUT2D eigenvalue weighted by molar-refractivity contribution is -0.0327. The Morgan fingerprint density at radius 1 is 1.30 bits per heavy atom. The van der Waals surface area contributed by atoms with Gasteiger partial charge in [-0.05, 0) is 23.9 Å². The lowest BCUT2D eigenvalue weighted by Crippen LogP contribution is -2.33. The van der Waals surface area contributed by atoms with Crippen molar-refractivity contribution in [3.8, 4) is 5.75 Å². The zero-order chi connectivity index (χ0) is 15.0. The molecular weight excluding hydrogens is 298 g/mol. The molecule has 2 N–H and O–H groups in total. The predicted octanol–water partition coefficient (Wildman–Crippen LogP) is 2.41. The van der Waals surface area contributed by atoms with Crippen LogP contribution in [0.5, 0.6) is 5.75 Å². The van der Waals surface area contributed by atoms with Gasteiger partial charge in [0.05, 0.1) is 0 Å². The van der Waals surface area contributed by atoms with Gasteiger partial charge in [-0.1, -0.05) is 12.1 Å². The molecule has 0 amide bonds. The second-order valence-corrected chi connectivity index (χ2v) is 5.05. The molecule has 114 valence electrons. The molecule has 0 spiro atoms. The van der Waals surface area contributed by atoms with E-state index in [-0.39, 0.29) is 43.0 Å². The second-order valence-electron chi connectivity index (χ2n) is 3.89. The highest BCUT2D eigenvalue weighted by molar-refractivity contribution is 8.00. The monoisotopic (exact) mass is 313 g/mol. The summed E-state index contributed by atoms with van der Waals surface area (Å²) in [6, 6.07) is 5.76. The standard InChI is InChI=1S/C12H15F4NO2S/c13-10-3-1-2-4-11(10)19-8-9(18)7-17-5-6-20-12(14,15)16/h1-4,9,17-18H,5-8H2. The van der Waals surface area contributed by atoms with Gasteiger partial charge in [0.25, 0.3) is 0 Å². The molecule has 0 bridgehead atoms. The fourth-order valence-electron chi connectivity index (χ4n) is 1.31. The van der Waals surface area contributed by atoms with Gasteiger partial charge in [-0.25, -0.2) is 4.39 Å². The Hall–Kier alpha value is -0.990. The summed E-state index contributed by atoms with van der Waals surface area (Å²) in [5.41, 5.74) is -4.24. The number of alkyl halides is 3. The summed E-state index contributed by atoms with van der Waals surface area (Å²) in [5.74, 6) is -0.641. The van der Waals surface area contributed by atoms with Crippen LogP contribution in [-0.4, -0.2) is 42.2 Å². The first-order chi connectivity index (χ1) is 9.38. The molecule has 0 aromatic heterocycles. The van der Waals surface area contributed by atoms with Gasteiger partial charge in [0.1, 0.15) is 12.7 Å². The van der Waals surface area contributed by atoms with E-state index in [0.717, 1.165) is 0 Å². The fraction of sp³-hybridized carbons (Fsp3) is 0.500. The van der Waals surface area contributed by atoms with Crippen LogP contribution < -0.4 is 10.1 Å². The van der Waals surface area contributed by atoms with Gasteiger partial charge in [-0.2, -0.15) is 13.2 Å². The van der Waals surface area contributed by atoms with Crippen molar-refractivity contribution in [1.82, 2.24) is 5.32 Å². The molecule has 0 aliphatic heterocycles. The van der Waals surface area contributed by atoms with Gasteiger partial charge in [0, 0.05) is 18.8 Å². The van der Waals surface area contributed by atoms with E-state index in [2.05, 4.69) is 5.32 Å². The maximum atomic E-state index is 13.2. The third-order valence-electron chi connectivity index (χ3n) is 2.19. The maximum Gasteiger partial charge on any atom is 0.441 e. The first kappa shape index (κ1) is 17.1. The highest BCUT2D eigenvalue weighted by Gasteiger charge is 2.27. The average molecular weight is 313 g/mol. The van der Waals surface area contributed by atoms with Gasteiger partial charge in [0.2, 0.25) is 0 Å². The predicted molar refractivity (Wildman–Crippen MR) is 69.3 cm³/mol. The molecule has 0 saturated carbocycles. The number of rotatable bonds is 8. The summed E-state index contributed by atoms with van der Waals surface area (Å²) in [6.45, 7) is 0.0498. The summed E-state index contributed by atoms with van der Waals surface area (Å²) in [5, 5.41) is 12.2. The average Bonchev–Trinajstić information content (AvgIpc) is 2.36. The third-order valence-corrected chi connectivity index (χ3v) is 2.93. The van der Waals surface area contributed by atoms with Crippen molar-refractivity contribution in [3.05, 3.63) is 30.1 Å². The molecule has 0 aliphatic carbocycles. The van der Waals surface area contributed by atoms with Crippen molar-refractivity contribution in [1.29, 1.82) is 0 Å². The van der Waals surface area contributed by atoms with E-state index in [9.17, 15) is 22.7 Å². The molecule has 1 atom stereocenters. The van der Waals surface area contributed by atoms with E-state index in [1.54, 1.807) is 6.07 Å². The Morgan fingerprint density at radius 3 is 2.65 bits per heavy atom. The van der Waals surface area contributed by atoms with E-state index < -0.39 is 17.4 Å². The zero-order valence-corrected chi connectivity index (χ0v) is 11.3. The minimum Gasteiger partial charge on any atom is -0.488 e. The molecule has 0 saturated heterocycles. The largest absolute Gasteiger partial charge is 0.488 e. The Bertz CT molecular complexity index is 403. The number of nitrogens with one attached hydrogen (secondary N) is 1. The molecule has 0 radical (unpaired) electrons. The Kier molecular flexibility index (Phi) is 7.11. The van der Waals surface area contributed by atoms with Crippen LogP contribution in [0.2, 0.25) is 0 Å². The molecule has 1 rings (SSSR count). The molecule has 0 fully saturated rings. The quantitative estimate of drug-likeness (QED) is 0.571. The zero-order valence-electron chi connectivity index (χ0n) is 10.5.